The smallest absolute Gasteiger partial charge is 0.416 e. The molecule has 0 bridgehead atoms. The molecule has 1 atom stereocenters. The molecule has 7 heteroatoms. The van der Waals surface area contributed by atoms with Crippen LogP contribution in [0.15, 0.2) is 48.5 Å². The van der Waals surface area contributed by atoms with Crippen LogP contribution in [0, 0.1) is 0 Å². The number of halogens is 3. The molecule has 4 nitrogen and oxygen atoms in total. The summed E-state index contributed by atoms with van der Waals surface area (Å²) in [4.78, 5) is 11.9. The minimum Gasteiger partial charge on any atom is -0.497 e. The Morgan fingerprint density at radius 2 is 1.73 bits per heavy atom. The number of aliphatic hydroxyl groups excluding tert-OH is 1. The summed E-state index contributed by atoms with van der Waals surface area (Å²) in [6.45, 7) is -0.0627. The zero-order chi connectivity index (χ0) is 19.2. The van der Waals surface area contributed by atoms with Gasteiger partial charge in [-0.3, -0.25) is 4.79 Å². The molecule has 0 aliphatic heterocycles. The van der Waals surface area contributed by atoms with Gasteiger partial charge >= 0.3 is 6.18 Å². The number of methoxy groups -OCH3 is 1. The average molecular weight is 367 g/mol. The zero-order valence-electron chi connectivity index (χ0n) is 14.2. The van der Waals surface area contributed by atoms with Crippen LogP contribution in [0.4, 0.5) is 13.2 Å². The van der Waals surface area contributed by atoms with Crippen molar-refractivity contribution in [2.45, 2.75) is 25.1 Å². The van der Waals surface area contributed by atoms with Crippen LogP contribution in [-0.2, 0) is 17.4 Å². The lowest BCUT2D eigenvalue weighted by Crippen LogP contribution is -2.28. The lowest BCUT2D eigenvalue weighted by molar-refractivity contribution is -0.137. The van der Waals surface area contributed by atoms with E-state index in [4.69, 9.17) is 4.74 Å². The van der Waals surface area contributed by atoms with Crippen LogP contribution in [0.2, 0.25) is 0 Å². The van der Waals surface area contributed by atoms with Gasteiger partial charge < -0.3 is 15.2 Å². The minimum absolute atomic E-state index is 0.0627. The highest BCUT2D eigenvalue weighted by Gasteiger charge is 2.30. The number of carbonyl (C=O) groups is 1. The van der Waals surface area contributed by atoms with Crippen LogP contribution >= 0.6 is 0 Å². The Labute approximate surface area is 149 Å². The summed E-state index contributed by atoms with van der Waals surface area (Å²) in [6, 6.07) is 11.6. The van der Waals surface area contributed by atoms with E-state index in [-0.39, 0.29) is 18.9 Å². The van der Waals surface area contributed by atoms with E-state index in [0.29, 0.717) is 12.0 Å². The Hall–Kier alpha value is -2.54. The molecular weight excluding hydrogens is 347 g/mol. The van der Waals surface area contributed by atoms with E-state index in [9.17, 15) is 23.1 Å². The molecule has 2 aromatic rings. The monoisotopic (exact) mass is 367 g/mol. The maximum atomic E-state index is 12.5. The van der Waals surface area contributed by atoms with E-state index < -0.39 is 17.8 Å². The van der Waals surface area contributed by atoms with Gasteiger partial charge in [0.15, 0.2) is 0 Å². The van der Waals surface area contributed by atoms with Gasteiger partial charge in [-0.05, 0) is 41.8 Å². The molecule has 0 aliphatic carbocycles. The molecule has 0 spiro atoms. The average Bonchev–Trinajstić information content (AvgIpc) is 2.64. The van der Waals surface area contributed by atoms with Gasteiger partial charge in [0.05, 0.1) is 18.8 Å². The van der Waals surface area contributed by atoms with Gasteiger partial charge in [0, 0.05) is 13.0 Å². The molecule has 0 unspecified atom stereocenters. The third-order valence-electron chi connectivity index (χ3n) is 3.92. The first-order chi connectivity index (χ1) is 12.3. The molecule has 0 aliphatic rings. The Bertz CT molecular complexity index is 712. The maximum absolute atomic E-state index is 12.5. The van der Waals surface area contributed by atoms with Crippen molar-refractivity contribution >= 4 is 5.91 Å². The maximum Gasteiger partial charge on any atom is 0.416 e. The molecule has 0 saturated carbocycles. The van der Waals surface area contributed by atoms with Gasteiger partial charge in [-0.1, -0.05) is 24.3 Å². The number of ether oxygens (including phenoxy) is 1. The number of amides is 1. The molecule has 0 heterocycles. The fourth-order valence-electron chi connectivity index (χ4n) is 2.36. The number of aliphatic hydroxyl groups is 1. The number of hydrogen-bond donors (Lipinski definition) is 2. The number of rotatable bonds is 7. The largest absolute Gasteiger partial charge is 0.497 e. The number of benzene rings is 2. The third-order valence-corrected chi connectivity index (χ3v) is 3.92. The van der Waals surface area contributed by atoms with Crippen molar-refractivity contribution in [3.63, 3.8) is 0 Å². The molecule has 2 rings (SSSR count). The topological polar surface area (TPSA) is 58.6 Å². The van der Waals surface area contributed by atoms with Gasteiger partial charge in [0.25, 0.3) is 0 Å². The second kappa shape index (κ2) is 8.71. The Balaban J connectivity index is 1.78. The minimum atomic E-state index is -4.42. The number of nitrogens with one attached hydrogen (secondary N) is 1. The normalized spacial score (nSPS) is 12.5. The fourth-order valence-corrected chi connectivity index (χ4v) is 2.36. The first-order valence-electron chi connectivity index (χ1n) is 8.04. The Morgan fingerprint density at radius 3 is 2.27 bits per heavy atom. The Kier molecular flexibility index (Phi) is 6.63. The van der Waals surface area contributed by atoms with E-state index in [1.807, 2.05) is 24.3 Å². The lowest BCUT2D eigenvalue weighted by atomic mass is 10.1. The molecule has 2 aromatic carbocycles. The van der Waals surface area contributed by atoms with Gasteiger partial charge in [0.1, 0.15) is 5.75 Å². The molecule has 140 valence electrons. The highest BCUT2D eigenvalue weighted by molar-refractivity contribution is 5.76. The summed E-state index contributed by atoms with van der Waals surface area (Å²) >= 11 is 0. The van der Waals surface area contributed by atoms with Gasteiger partial charge in [-0.25, -0.2) is 0 Å². The van der Waals surface area contributed by atoms with Gasteiger partial charge in [0.2, 0.25) is 5.91 Å². The Morgan fingerprint density at radius 1 is 1.12 bits per heavy atom. The summed E-state index contributed by atoms with van der Waals surface area (Å²) in [5, 5.41) is 12.6. The predicted molar refractivity (Wildman–Crippen MR) is 90.7 cm³/mol. The van der Waals surface area contributed by atoms with Crippen molar-refractivity contribution in [2.24, 2.45) is 0 Å². The first-order valence-corrected chi connectivity index (χ1v) is 8.04. The van der Waals surface area contributed by atoms with Crippen molar-refractivity contribution in [3.05, 3.63) is 65.2 Å². The second-order valence-corrected chi connectivity index (χ2v) is 5.79. The van der Waals surface area contributed by atoms with Crippen LogP contribution in [0.1, 0.15) is 29.2 Å². The van der Waals surface area contributed by atoms with Crippen molar-refractivity contribution in [1.82, 2.24) is 5.32 Å². The highest BCUT2D eigenvalue weighted by Crippen LogP contribution is 2.29. The molecule has 0 saturated heterocycles. The van der Waals surface area contributed by atoms with E-state index in [1.54, 1.807) is 7.11 Å². The summed E-state index contributed by atoms with van der Waals surface area (Å²) in [5.74, 6) is 0.490. The van der Waals surface area contributed by atoms with Crippen molar-refractivity contribution in [2.75, 3.05) is 13.7 Å². The molecule has 0 radical (unpaired) electrons. The van der Waals surface area contributed by atoms with Crippen molar-refractivity contribution in [1.29, 1.82) is 0 Å². The van der Waals surface area contributed by atoms with Crippen LogP contribution < -0.4 is 10.1 Å². The predicted octanol–water partition coefficient (Wildman–Crippen LogP) is 3.50. The quantitative estimate of drug-likeness (QED) is 0.788. The molecule has 1 amide bonds. The van der Waals surface area contributed by atoms with E-state index >= 15 is 0 Å². The molecule has 2 N–H and O–H groups in total. The first kappa shape index (κ1) is 19.8. The van der Waals surface area contributed by atoms with Crippen molar-refractivity contribution in [3.8, 4) is 5.75 Å². The standard InChI is InChI=1S/C19H20F3NO3/c1-26-16-9-2-13(3-10-16)4-11-18(25)23-12-17(24)14-5-7-15(8-6-14)19(20,21)22/h2-3,5-10,17,24H,4,11-12H2,1H3,(H,23,25)/t17-/m1/s1. The summed E-state index contributed by atoms with van der Waals surface area (Å²) in [5.41, 5.74) is 0.509. The summed E-state index contributed by atoms with van der Waals surface area (Å²) in [7, 11) is 1.57. The van der Waals surface area contributed by atoms with E-state index in [2.05, 4.69) is 5.32 Å². The van der Waals surface area contributed by atoms with Gasteiger partial charge in [-0.2, -0.15) is 13.2 Å². The number of carbonyl (C=O) groups excluding carboxylic acids is 1. The SMILES string of the molecule is COc1ccc(CCC(=O)NC[C@@H](O)c2ccc(C(F)(F)F)cc2)cc1. The zero-order valence-corrected chi connectivity index (χ0v) is 14.2. The second-order valence-electron chi connectivity index (χ2n) is 5.79. The number of hydrogen-bond acceptors (Lipinski definition) is 3. The van der Waals surface area contributed by atoms with Crippen molar-refractivity contribution < 1.29 is 27.8 Å². The summed E-state index contributed by atoms with van der Waals surface area (Å²) < 4.78 is 42.6. The third kappa shape index (κ3) is 5.77. The number of alkyl halides is 3. The van der Waals surface area contributed by atoms with Crippen LogP contribution in [0.5, 0.6) is 5.75 Å². The van der Waals surface area contributed by atoms with Crippen LogP contribution in [-0.4, -0.2) is 24.7 Å². The molecular formula is C19H20F3NO3. The number of aryl methyl sites for hydroxylation is 1. The van der Waals surface area contributed by atoms with E-state index in [0.717, 1.165) is 23.4 Å². The van der Waals surface area contributed by atoms with Crippen LogP contribution in [0.3, 0.4) is 0 Å². The highest BCUT2D eigenvalue weighted by atomic mass is 19.4. The molecule has 0 aromatic heterocycles. The lowest BCUT2D eigenvalue weighted by Gasteiger charge is -2.14. The summed E-state index contributed by atoms with van der Waals surface area (Å²) in [6.07, 6.45) is -4.71. The molecule has 0 fully saturated rings. The van der Waals surface area contributed by atoms with Crippen LogP contribution in [0.25, 0.3) is 0 Å². The fraction of sp³-hybridized carbons (Fsp3) is 0.316. The van der Waals surface area contributed by atoms with Gasteiger partial charge in [-0.15, -0.1) is 0 Å². The molecule has 26 heavy (non-hydrogen) atoms. The van der Waals surface area contributed by atoms with E-state index in [1.165, 1.54) is 12.1 Å².